The number of hydrogen-bond donors (Lipinski definition) is 3. The molecular formula is C24H38N4O5. The summed E-state index contributed by atoms with van der Waals surface area (Å²) in [4.78, 5) is 49.4. The zero-order chi connectivity index (χ0) is 25.2. The van der Waals surface area contributed by atoms with Gasteiger partial charge in [0.05, 0.1) is 12.1 Å². The Kier molecular flexibility index (Phi) is 10.5. The van der Waals surface area contributed by atoms with Gasteiger partial charge >= 0.3 is 5.97 Å². The molecule has 4 N–H and O–H groups in total. The summed E-state index contributed by atoms with van der Waals surface area (Å²) in [5.74, 6) is -1.90. The molecule has 3 amide bonds. The van der Waals surface area contributed by atoms with E-state index in [4.69, 9.17) is 10.5 Å². The van der Waals surface area contributed by atoms with E-state index in [9.17, 15) is 19.2 Å². The molecule has 1 aromatic rings. The van der Waals surface area contributed by atoms with Crippen LogP contribution in [-0.2, 0) is 23.9 Å². The number of ether oxygens (including phenoxy) is 1. The van der Waals surface area contributed by atoms with Gasteiger partial charge in [-0.15, -0.1) is 0 Å². The number of carbonyl (C=O) groups excluding carboxylic acids is 4. The zero-order valence-corrected chi connectivity index (χ0v) is 20.6. The van der Waals surface area contributed by atoms with Crippen molar-refractivity contribution in [2.45, 2.75) is 71.6 Å². The predicted octanol–water partition coefficient (Wildman–Crippen LogP) is 1.28. The molecule has 2 rings (SSSR count). The Hall–Kier alpha value is -2.94. The average Bonchev–Trinajstić information content (AvgIpc) is 2.68. The van der Waals surface area contributed by atoms with Crippen molar-refractivity contribution >= 4 is 23.7 Å². The molecule has 0 saturated carbocycles. The molecule has 1 atom stereocenters. The summed E-state index contributed by atoms with van der Waals surface area (Å²) in [5, 5.41) is 5.63. The van der Waals surface area contributed by atoms with Crippen molar-refractivity contribution in [1.82, 2.24) is 15.5 Å². The van der Waals surface area contributed by atoms with Gasteiger partial charge in [-0.05, 0) is 48.0 Å². The monoisotopic (exact) mass is 462 g/mol. The van der Waals surface area contributed by atoms with Crippen LogP contribution in [0.2, 0.25) is 0 Å². The van der Waals surface area contributed by atoms with Crippen molar-refractivity contribution in [1.29, 1.82) is 0 Å². The Morgan fingerprint density at radius 3 is 2.30 bits per heavy atom. The van der Waals surface area contributed by atoms with Gasteiger partial charge < -0.3 is 26.0 Å². The number of rotatable bonds is 7. The van der Waals surface area contributed by atoms with Gasteiger partial charge in [0.25, 0.3) is 0 Å². The highest BCUT2D eigenvalue weighted by atomic mass is 16.6. The Morgan fingerprint density at radius 2 is 1.82 bits per heavy atom. The van der Waals surface area contributed by atoms with Gasteiger partial charge in [-0.3, -0.25) is 14.4 Å². The zero-order valence-electron chi connectivity index (χ0n) is 20.6. The molecule has 0 aliphatic carbocycles. The van der Waals surface area contributed by atoms with E-state index in [1.807, 2.05) is 18.2 Å². The second kappa shape index (κ2) is 12.3. The number of benzene rings is 1. The van der Waals surface area contributed by atoms with E-state index >= 15 is 0 Å². The van der Waals surface area contributed by atoms with Crippen LogP contribution in [0.15, 0.2) is 30.3 Å². The molecule has 1 aromatic carbocycles. The minimum atomic E-state index is -1.000. The fourth-order valence-corrected chi connectivity index (χ4v) is 3.08. The van der Waals surface area contributed by atoms with Crippen LogP contribution in [0.1, 0.15) is 53.0 Å². The number of primary amides is 1. The molecule has 0 radical (unpaired) electrons. The van der Waals surface area contributed by atoms with Crippen LogP contribution in [0, 0.1) is 6.92 Å². The number of aryl methyl sites for hydroxylation is 1. The second-order valence-electron chi connectivity index (χ2n) is 9.59. The molecule has 1 unspecified atom stereocenters. The summed E-state index contributed by atoms with van der Waals surface area (Å²) in [7, 11) is 0. The molecule has 9 heteroatoms. The summed E-state index contributed by atoms with van der Waals surface area (Å²) >= 11 is 0. The minimum Gasteiger partial charge on any atom is -0.458 e. The Labute approximate surface area is 196 Å². The standard InChI is InChI=1S/C17H30N4O5.C7H8/c1-16(2,3)26-14(24)11(6-7-12(18)22)20-13(23)10-21-9-8-19-17(4,5)15(21)25;1-7-5-3-2-4-6-7/h11,19H,6-10H2,1-5H3,(H2,18,22)(H,20,23);2-6H,1H3. The molecule has 184 valence electrons. The first kappa shape index (κ1) is 28.1. The summed E-state index contributed by atoms with van der Waals surface area (Å²) in [6.07, 6.45) is -0.0270. The normalized spacial score (nSPS) is 16.2. The molecule has 0 bridgehead atoms. The molecule has 1 aliphatic heterocycles. The number of amides is 3. The van der Waals surface area contributed by atoms with Crippen molar-refractivity contribution in [2.75, 3.05) is 19.6 Å². The number of hydrogen-bond acceptors (Lipinski definition) is 6. The highest BCUT2D eigenvalue weighted by Crippen LogP contribution is 2.13. The summed E-state index contributed by atoms with van der Waals surface area (Å²) in [6.45, 7) is 11.5. The van der Waals surface area contributed by atoms with Gasteiger partial charge in [0.15, 0.2) is 0 Å². The first-order valence-electron chi connectivity index (χ1n) is 11.1. The van der Waals surface area contributed by atoms with Crippen LogP contribution in [0.3, 0.4) is 0 Å². The number of nitrogens with two attached hydrogens (primary N) is 1. The lowest BCUT2D eigenvalue weighted by Crippen LogP contribution is -2.62. The lowest BCUT2D eigenvalue weighted by Gasteiger charge is -2.37. The molecule has 1 aliphatic rings. The number of nitrogens with zero attached hydrogens (tertiary/aromatic N) is 1. The maximum Gasteiger partial charge on any atom is 0.329 e. The van der Waals surface area contributed by atoms with E-state index in [-0.39, 0.29) is 25.3 Å². The van der Waals surface area contributed by atoms with E-state index in [1.165, 1.54) is 10.5 Å². The quantitative estimate of drug-likeness (QED) is 0.523. The van der Waals surface area contributed by atoms with Crippen molar-refractivity contribution < 1.29 is 23.9 Å². The van der Waals surface area contributed by atoms with Gasteiger partial charge in [-0.25, -0.2) is 4.79 Å². The number of nitrogens with one attached hydrogen (secondary N) is 2. The lowest BCUT2D eigenvalue weighted by molar-refractivity contribution is -0.159. The first-order chi connectivity index (χ1) is 15.2. The predicted molar refractivity (Wildman–Crippen MR) is 126 cm³/mol. The van der Waals surface area contributed by atoms with Crippen molar-refractivity contribution in [3.05, 3.63) is 35.9 Å². The molecular weight excluding hydrogens is 424 g/mol. The van der Waals surface area contributed by atoms with Gasteiger partial charge in [0.2, 0.25) is 17.7 Å². The summed E-state index contributed by atoms with van der Waals surface area (Å²) in [5.41, 5.74) is 4.98. The summed E-state index contributed by atoms with van der Waals surface area (Å²) < 4.78 is 5.28. The fraction of sp³-hybridized carbons (Fsp3) is 0.583. The van der Waals surface area contributed by atoms with Crippen molar-refractivity contribution in [3.8, 4) is 0 Å². The molecule has 0 spiro atoms. The molecule has 1 fully saturated rings. The number of carbonyl (C=O) groups is 4. The van der Waals surface area contributed by atoms with Crippen molar-refractivity contribution in [3.63, 3.8) is 0 Å². The summed E-state index contributed by atoms with van der Waals surface area (Å²) in [6, 6.07) is 9.26. The van der Waals surface area contributed by atoms with Crippen molar-refractivity contribution in [2.24, 2.45) is 5.73 Å². The number of piperazine rings is 1. The fourth-order valence-electron chi connectivity index (χ4n) is 3.08. The maximum atomic E-state index is 12.3. The largest absolute Gasteiger partial charge is 0.458 e. The van der Waals surface area contributed by atoms with Crippen LogP contribution in [0.5, 0.6) is 0 Å². The SMILES string of the molecule is CC(C)(C)OC(=O)C(CCC(N)=O)NC(=O)CN1CCNC(C)(C)C1=O.Cc1ccccc1. The highest BCUT2D eigenvalue weighted by Gasteiger charge is 2.36. The van der Waals surface area contributed by atoms with E-state index in [2.05, 4.69) is 29.7 Å². The number of esters is 1. The lowest BCUT2D eigenvalue weighted by atomic mass is 10.0. The minimum absolute atomic E-state index is 0.0387. The molecule has 0 aromatic heterocycles. The maximum absolute atomic E-state index is 12.3. The van der Waals surface area contributed by atoms with Gasteiger partial charge in [0, 0.05) is 19.5 Å². The third-order valence-electron chi connectivity index (χ3n) is 4.75. The van der Waals surface area contributed by atoms with Crippen LogP contribution in [-0.4, -0.2) is 65.4 Å². The van der Waals surface area contributed by atoms with Crippen LogP contribution in [0.25, 0.3) is 0 Å². The molecule has 1 saturated heterocycles. The Bertz CT molecular complexity index is 818. The molecule has 1 heterocycles. The Morgan fingerprint density at radius 1 is 1.21 bits per heavy atom. The second-order valence-corrected chi connectivity index (χ2v) is 9.59. The van der Waals surface area contributed by atoms with Crippen LogP contribution < -0.4 is 16.4 Å². The van der Waals surface area contributed by atoms with E-state index in [1.54, 1.807) is 34.6 Å². The van der Waals surface area contributed by atoms with E-state index in [0.717, 1.165) is 0 Å². The Balaban J connectivity index is 0.000000657. The first-order valence-corrected chi connectivity index (χ1v) is 11.1. The van der Waals surface area contributed by atoms with E-state index < -0.39 is 35.0 Å². The van der Waals surface area contributed by atoms with Crippen LogP contribution in [0.4, 0.5) is 0 Å². The third-order valence-corrected chi connectivity index (χ3v) is 4.75. The average molecular weight is 463 g/mol. The molecule has 33 heavy (non-hydrogen) atoms. The molecule has 9 nitrogen and oxygen atoms in total. The topological polar surface area (TPSA) is 131 Å². The third kappa shape index (κ3) is 11.0. The van der Waals surface area contributed by atoms with Gasteiger partial charge in [0.1, 0.15) is 11.6 Å². The van der Waals surface area contributed by atoms with E-state index in [0.29, 0.717) is 13.1 Å². The smallest absolute Gasteiger partial charge is 0.329 e. The van der Waals surface area contributed by atoms with Gasteiger partial charge in [-0.2, -0.15) is 0 Å². The highest BCUT2D eigenvalue weighted by molar-refractivity contribution is 5.92. The van der Waals surface area contributed by atoms with Crippen LogP contribution >= 0.6 is 0 Å². The van der Waals surface area contributed by atoms with Gasteiger partial charge in [-0.1, -0.05) is 35.9 Å².